The highest BCUT2D eigenvalue weighted by Gasteiger charge is 2.20. The van der Waals surface area contributed by atoms with Gasteiger partial charge in [0.25, 0.3) is 0 Å². The minimum absolute atomic E-state index is 0.888. The van der Waals surface area contributed by atoms with Crippen molar-refractivity contribution in [2.75, 3.05) is 4.90 Å². The van der Waals surface area contributed by atoms with E-state index in [1.165, 1.54) is 38.8 Å². The molecule has 0 spiro atoms. The van der Waals surface area contributed by atoms with Crippen molar-refractivity contribution < 1.29 is 4.42 Å². The summed E-state index contributed by atoms with van der Waals surface area (Å²) in [5.74, 6) is 0. The Bertz CT molecular complexity index is 2860. The standard InChI is InChI=1S/C52H35NO/c1-5-16-36(17-6-1)39-22-15-23-40(30-39)48-35-51-52(47-26-13-14-27-50(47)54-51)46-29-28-44(34-49(46)48)53(43-24-11-4-12-25-43)45-32-41(37-18-7-2-8-19-37)31-42(33-45)38-20-9-3-10-21-38/h1-35H. The molecule has 0 saturated heterocycles. The molecule has 2 nitrogen and oxygen atoms in total. The van der Waals surface area contributed by atoms with Gasteiger partial charge in [-0.25, -0.2) is 0 Å². The van der Waals surface area contributed by atoms with E-state index >= 15 is 0 Å². The first-order valence-corrected chi connectivity index (χ1v) is 18.4. The lowest BCUT2D eigenvalue weighted by Gasteiger charge is -2.27. The highest BCUT2D eigenvalue weighted by Crippen LogP contribution is 2.45. The fourth-order valence-electron chi connectivity index (χ4n) is 7.86. The van der Waals surface area contributed by atoms with Gasteiger partial charge in [0, 0.05) is 27.8 Å². The molecule has 0 aliphatic heterocycles. The van der Waals surface area contributed by atoms with Gasteiger partial charge >= 0.3 is 0 Å². The quantitative estimate of drug-likeness (QED) is 0.166. The molecule has 0 radical (unpaired) electrons. The maximum atomic E-state index is 6.55. The van der Waals surface area contributed by atoms with Crippen LogP contribution in [0.25, 0.3) is 77.2 Å². The van der Waals surface area contributed by atoms with E-state index in [0.29, 0.717) is 0 Å². The van der Waals surface area contributed by atoms with Crippen molar-refractivity contribution in [3.8, 4) is 44.5 Å². The first kappa shape index (κ1) is 31.6. The van der Waals surface area contributed by atoms with E-state index in [4.69, 9.17) is 4.42 Å². The van der Waals surface area contributed by atoms with E-state index in [1.807, 2.05) is 6.07 Å². The van der Waals surface area contributed by atoms with Crippen LogP contribution in [-0.4, -0.2) is 0 Å². The smallest absolute Gasteiger partial charge is 0.136 e. The van der Waals surface area contributed by atoms with Gasteiger partial charge in [-0.2, -0.15) is 0 Å². The highest BCUT2D eigenvalue weighted by atomic mass is 16.3. The van der Waals surface area contributed by atoms with Crippen LogP contribution in [0.3, 0.4) is 0 Å². The topological polar surface area (TPSA) is 16.4 Å². The van der Waals surface area contributed by atoms with Gasteiger partial charge in [-0.05, 0) is 116 Å². The van der Waals surface area contributed by atoms with Crippen LogP contribution in [0.15, 0.2) is 217 Å². The number of anilines is 3. The number of para-hydroxylation sites is 2. The van der Waals surface area contributed by atoms with Gasteiger partial charge in [0.15, 0.2) is 0 Å². The van der Waals surface area contributed by atoms with Crippen LogP contribution in [0.5, 0.6) is 0 Å². The summed E-state index contributed by atoms with van der Waals surface area (Å²) in [4.78, 5) is 2.39. The maximum Gasteiger partial charge on any atom is 0.136 e. The molecule has 0 atom stereocenters. The Morgan fingerprint density at radius 1 is 0.278 bits per heavy atom. The van der Waals surface area contributed by atoms with Gasteiger partial charge < -0.3 is 9.32 Å². The summed E-state index contributed by atoms with van der Waals surface area (Å²) in [5, 5.41) is 4.59. The Morgan fingerprint density at radius 2 is 0.815 bits per heavy atom. The summed E-state index contributed by atoms with van der Waals surface area (Å²) in [6.07, 6.45) is 0. The Morgan fingerprint density at radius 3 is 1.48 bits per heavy atom. The average Bonchev–Trinajstić information content (AvgIpc) is 3.63. The SMILES string of the molecule is c1ccc(-c2cccc(-c3cc4oc5ccccc5c4c4ccc(N(c5ccccc5)c5cc(-c6ccccc6)cc(-c6ccccc6)c5)cc34)c2)cc1. The summed E-state index contributed by atoms with van der Waals surface area (Å²) < 4.78 is 6.55. The van der Waals surface area contributed by atoms with Crippen molar-refractivity contribution >= 4 is 49.8 Å². The zero-order chi connectivity index (χ0) is 35.8. The highest BCUT2D eigenvalue weighted by molar-refractivity contribution is 6.22. The van der Waals surface area contributed by atoms with Crippen molar-refractivity contribution in [2.24, 2.45) is 0 Å². The fraction of sp³-hybridized carbons (Fsp3) is 0. The molecule has 254 valence electrons. The molecule has 54 heavy (non-hydrogen) atoms. The van der Waals surface area contributed by atoms with Gasteiger partial charge in [-0.15, -0.1) is 0 Å². The molecule has 0 amide bonds. The predicted molar refractivity (Wildman–Crippen MR) is 228 cm³/mol. The summed E-state index contributed by atoms with van der Waals surface area (Å²) >= 11 is 0. The molecule has 0 fully saturated rings. The molecule has 0 aliphatic rings. The van der Waals surface area contributed by atoms with Crippen molar-refractivity contribution in [3.05, 3.63) is 212 Å². The second kappa shape index (κ2) is 13.4. The number of furan rings is 1. The molecule has 2 heteroatoms. The minimum Gasteiger partial charge on any atom is -0.456 e. The van der Waals surface area contributed by atoms with E-state index in [0.717, 1.165) is 55.5 Å². The van der Waals surface area contributed by atoms with Crippen LogP contribution in [-0.2, 0) is 0 Å². The summed E-state index contributed by atoms with van der Waals surface area (Å²) in [7, 11) is 0. The number of nitrogens with zero attached hydrogens (tertiary/aromatic N) is 1. The van der Waals surface area contributed by atoms with Crippen molar-refractivity contribution in [3.63, 3.8) is 0 Å². The summed E-state index contributed by atoms with van der Waals surface area (Å²) in [6.45, 7) is 0. The molecule has 1 heterocycles. The van der Waals surface area contributed by atoms with E-state index in [2.05, 4.69) is 211 Å². The van der Waals surface area contributed by atoms with Crippen LogP contribution in [0.4, 0.5) is 17.1 Å². The number of benzene rings is 9. The molecule has 10 aromatic rings. The van der Waals surface area contributed by atoms with Crippen LogP contribution in [0.2, 0.25) is 0 Å². The first-order valence-electron chi connectivity index (χ1n) is 18.4. The second-order valence-corrected chi connectivity index (χ2v) is 13.7. The number of hydrogen-bond acceptors (Lipinski definition) is 2. The van der Waals surface area contributed by atoms with E-state index < -0.39 is 0 Å². The molecule has 0 aliphatic carbocycles. The molecular formula is C52H35NO. The Hall–Kier alpha value is -7.16. The second-order valence-electron chi connectivity index (χ2n) is 13.7. The summed E-state index contributed by atoms with van der Waals surface area (Å²) in [6, 6.07) is 75.9. The zero-order valence-corrected chi connectivity index (χ0v) is 29.6. The van der Waals surface area contributed by atoms with Gasteiger partial charge in [0.1, 0.15) is 11.2 Å². The lowest BCUT2D eigenvalue weighted by Crippen LogP contribution is -2.10. The molecule has 0 unspecified atom stereocenters. The van der Waals surface area contributed by atoms with Gasteiger partial charge in [-0.3, -0.25) is 0 Å². The van der Waals surface area contributed by atoms with Gasteiger partial charge in [0.2, 0.25) is 0 Å². The van der Waals surface area contributed by atoms with Crippen LogP contribution in [0, 0.1) is 0 Å². The molecule has 1 aromatic heterocycles. The first-order chi connectivity index (χ1) is 26.8. The van der Waals surface area contributed by atoms with Gasteiger partial charge in [0.05, 0.1) is 0 Å². The van der Waals surface area contributed by atoms with E-state index in [-0.39, 0.29) is 0 Å². The van der Waals surface area contributed by atoms with Crippen LogP contribution >= 0.6 is 0 Å². The van der Waals surface area contributed by atoms with Crippen LogP contribution in [0.1, 0.15) is 0 Å². The summed E-state index contributed by atoms with van der Waals surface area (Å²) in [5.41, 5.74) is 14.4. The minimum atomic E-state index is 0.888. The molecule has 9 aromatic carbocycles. The van der Waals surface area contributed by atoms with Crippen molar-refractivity contribution in [2.45, 2.75) is 0 Å². The van der Waals surface area contributed by atoms with Crippen LogP contribution < -0.4 is 4.90 Å². The number of fused-ring (bicyclic) bond motifs is 5. The zero-order valence-electron chi connectivity index (χ0n) is 29.6. The Kier molecular flexibility index (Phi) is 7.85. The normalized spacial score (nSPS) is 11.3. The average molecular weight is 690 g/mol. The number of hydrogen-bond donors (Lipinski definition) is 0. The van der Waals surface area contributed by atoms with Crippen molar-refractivity contribution in [1.82, 2.24) is 0 Å². The third-order valence-corrected chi connectivity index (χ3v) is 10.4. The Balaban J connectivity index is 1.24. The fourth-order valence-corrected chi connectivity index (χ4v) is 7.86. The third kappa shape index (κ3) is 5.71. The Labute approximate surface area is 314 Å². The van der Waals surface area contributed by atoms with E-state index in [1.54, 1.807) is 0 Å². The molecule has 0 saturated carbocycles. The predicted octanol–water partition coefficient (Wildman–Crippen LogP) is 14.9. The third-order valence-electron chi connectivity index (χ3n) is 10.4. The molecule has 0 bridgehead atoms. The number of rotatable bonds is 7. The lowest BCUT2D eigenvalue weighted by molar-refractivity contribution is 0.669. The van der Waals surface area contributed by atoms with Crippen molar-refractivity contribution in [1.29, 1.82) is 0 Å². The lowest BCUT2D eigenvalue weighted by atomic mass is 9.92. The largest absolute Gasteiger partial charge is 0.456 e. The van der Waals surface area contributed by atoms with E-state index in [9.17, 15) is 0 Å². The monoisotopic (exact) mass is 689 g/mol. The molecule has 0 N–H and O–H groups in total. The van der Waals surface area contributed by atoms with Gasteiger partial charge in [-0.1, -0.05) is 152 Å². The maximum absolute atomic E-state index is 6.55. The molecular weight excluding hydrogens is 655 g/mol. The molecule has 10 rings (SSSR count).